The topological polar surface area (TPSA) is 37.8 Å². The van der Waals surface area contributed by atoms with Crippen molar-refractivity contribution in [2.24, 2.45) is 0 Å². The van der Waals surface area contributed by atoms with E-state index in [9.17, 15) is 4.39 Å². The molecule has 0 aliphatic rings. The van der Waals surface area contributed by atoms with Gasteiger partial charge in [0.1, 0.15) is 16.8 Å². The van der Waals surface area contributed by atoms with Crippen LogP contribution in [0.5, 0.6) is 0 Å². The fourth-order valence-electron chi connectivity index (χ4n) is 1.47. The number of rotatable bonds is 3. The third-order valence-electron chi connectivity index (χ3n) is 2.39. The van der Waals surface area contributed by atoms with Crippen LogP contribution in [0.15, 0.2) is 27.8 Å². The van der Waals surface area contributed by atoms with Crippen molar-refractivity contribution < 1.29 is 4.39 Å². The Hall–Kier alpha value is -0.850. The lowest BCUT2D eigenvalue weighted by atomic mass is 10.2. The van der Waals surface area contributed by atoms with Gasteiger partial charge in [0.05, 0.1) is 4.47 Å². The van der Waals surface area contributed by atoms with Crippen molar-refractivity contribution in [2.45, 2.75) is 12.1 Å². The molecule has 0 aliphatic heterocycles. The average Bonchev–Trinajstić information content (AvgIpc) is 2.35. The van der Waals surface area contributed by atoms with Crippen molar-refractivity contribution in [1.29, 1.82) is 0 Å². The van der Waals surface area contributed by atoms with Gasteiger partial charge in [-0.05, 0) is 46.8 Å². The Morgan fingerprint density at radius 2 is 2.05 bits per heavy atom. The Morgan fingerprint density at radius 1 is 1.32 bits per heavy atom. The van der Waals surface area contributed by atoms with E-state index in [-0.39, 0.29) is 5.82 Å². The number of nitrogens with one attached hydrogen (secondary N) is 1. The molecular formula is C12H10BrClFN3S. The molecule has 2 aromatic rings. The molecule has 100 valence electrons. The molecule has 2 rings (SSSR count). The van der Waals surface area contributed by atoms with Gasteiger partial charge in [-0.25, -0.2) is 14.4 Å². The second-order valence-electron chi connectivity index (χ2n) is 3.77. The maximum absolute atomic E-state index is 13.4. The smallest absolute Gasteiger partial charge is 0.190 e. The van der Waals surface area contributed by atoms with Gasteiger partial charge in [-0.1, -0.05) is 23.4 Å². The van der Waals surface area contributed by atoms with Gasteiger partial charge in [-0.3, -0.25) is 0 Å². The van der Waals surface area contributed by atoms with E-state index in [0.717, 1.165) is 11.3 Å². The number of anilines is 2. The highest BCUT2D eigenvalue weighted by Crippen LogP contribution is 2.27. The normalized spacial score (nSPS) is 10.6. The molecule has 0 radical (unpaired) electrons. The van der Waals surface area contributed by atoms with E-state index in [1.54, 1.807) is 12.1 Å². The van der Waals surface area contributed by atoms with Gasteiger partial charge in [0.2, 0.25) is 0 Å². The fourth-order valence-corrected chi connectivity index (χ4v) is 2.43. The van der Waals surface area contributed by atoms with E-state index in [0.29, 0.717) is 20.6 Å². The summed E-state index contributed by atoms with van der Waals surface area (Å²) in [7, 11) is 0. The highest BCUT2D eigenvalue weighted by molar-refractivity contribution is 9.10. The monoisotopic (exact) mass is 361 g/mol. The van der Waals surface area contributed by atoms with Crippen molar-refractivity contribution >= 4 is 50.8 Å². The predicted molar refractivity (Wildman–Crippen MR) is 80.9 cm³/mol. The van der Waals surface area contributed by atoms with Crippen LogP contribution in [-0.2, 0) is 0 Å². The Balaban J connectivity index is 2.36. The van der Waals surface area contributed by atoms with Gasteiger partial charge < -0.3 is 5.32 Å². The van der Waals surface area contributed by atoms with Crippen LogP contribution in [0, 0.1) is 12.7 Å². The van der Waals surface area contributed by atoms with E-state index in [1.165, 1.54) is 17.8 Å². The number of aryl methyl sites for hydroxylation is 1. The third-order valence-corrected chi connectivity index (χ3v) is 3.74. The summed E-state index contributed by atoms with van der Waals surface area (Å²) in [5.41, 5.74) is 1.54. The summed E-state index contributed by atoms with van der Waals surface area (Å²) in [6.07, 6.45) is 1.87. The molecule has 0 bridgehead atoms. The minimum absolute atomic E-state index is 0.298. The summed E-state index contributed by atoms with van der Waals surface area (Å²) in [6, 6.07) is 4.74. The van der Waals surface area contributed by atoms with E-state index in [2.05, 4.69) is 31.2 Å². The molecule has 0 atom stereocenters. The first kappa shape index (κ1) is 14.6. The van der Waals surface area contributed by atoms with Crippen LogP contribution in [0.2, 0.25) is 5.15 Å². The Bertz CT molecular complexity index is 624. The summed E-state index contributed by atoms with van der Waals surface area (Å²) in [6.45, 7) is 1.82. The van der Waals surface area contributed by atoms with E-state index in [1.807, 2.05) is 13.2 Å². The highest BCUT2D eigenvalue weighted by atomic mass is 79.9. The average molecular weight is 363 g/mol. The van der Waals surface area contributed by atoms with Crippen molar-refractivity contribution in [3.05, 3.63) is 39.2 Å². The highest BCUT2D eigenvalue weighted by Gasteiger charge is 2.08. The zero-order valence-corrected chi connectivity index (χ0v) is 13.3. The van der Waals surface area contributed by atoms with Crippen LogP contribution < -0.4 is 5.32 Å². The number of hydrogen-bond donors (Lipinski definition) is 1. The minimum atomic E-state index is -0.298. The van der Waals surface area contributed by atoms with Crippen LogP contribution in [0.3, 0.4) is 0 Å². The minimum Gasteiger partial charge on any atom is -0.340 e. The van der Waals surface area contributed by atoms with Crippen LogP contribution >= 0.6 is 39.3 Å². The summed E-state index contributed by atoms with van der Waals surface area (Å²) < 4.78 is 13.8. The van der Waals surface area contributed by atoms with Crippen LogP contribution in [0.25, 0.3) is 0 Å². The molecule has 0 saturated carbocycles. The molecule has 3 nitrogen and oxygen atoms in total. The first-order valence-electron chi connectivity index (χ1n) is 5.31. The van der Waals surface area contributed by atoms with Crippen LogP contribution in [-0.4, -0.2) is 16.2 Å². The first-order valence-corrected chi connectivity index (χ1v) is 7.70. The quantitative estimate of drug-likeness (QED) is 0.483. The standard InChI is InChI=1S/C12H10BrClFN3S/c1-6-3-8(15)7(13)4-9(6)16-11-5-10(14)17-12(18-11)19-2/h3-5H,1-2H3,(H,16,17,18). The lowest BCUT2D eigenvalue weighted by Gasteiger charge is -2.10. The number of halogens is 3. The van der Waals surface area contributed by atoms with Crippen molar-refractivity contribution in [1.82, 2.24) is 9.97 Å². The maximum Gasteiger partial charge on any atom is 0.190 e. The molecule has 1 N–H and O–H groups in total. The fraction of sp³-hybridized carbons (Fsp3) is 0.167. The van der Waals surface area contributed by atoms with Crippen molar-refractivity contribution in [3.8, 4) is 0 Å². The second kappa shape index (κ2) is 6.07. The second-order valence-corrected chi connectivity index (χ2v) is 5.78. The van der Waals surface area contributed by atoms with E-state index >= 15 is 0 Å². The largest absolute Gasteiger partial charge is 0.340 e. The number of aromatic nitrogens is 2. The lowest BCUT2D eigenvalue weighted by molar-refractivity contribution is 0.620. The molecule has 19 heavy (non-hydrogen) atoms. The summed E-state index contributed by atoms with van der Waals surface area (Å²) in [5, 5.41) is 4.05. The number of benzene rings is 1. The van der Waals surface area contributed by atoms with Gasteiger partial charge in [0.15, 0.2) is 5.16 Å². The SMILES string of the molecule is CSc1nc(Cl)cc(Nc2cc(Br)c(F)cc2C)n1. The van der Waals surface area contributed by atoms with Crippen LogP contribution in [0.1, 0.15) is 5.56 Å². The van der Waals surface area contributed by atoms with Gasteiger partial charge in [0.25, 0.3) is 0 Å². The molecule has 0 unspecified atom stereocenters. The molecular weight excluding hydrogens is 353 g/mol. The zero-order chi connectivity index (χ0) is 14.0. The first-order chi connectivity index (χ1) is 8.99. The van der Waals surface area contributed by atoms with Gasteiger partial charge in [-0.15, -0.1) is 0 Å². The molecule has 1 aromatic heterocycles. The van der Waals surface area contributed by atoms with Crippen molar-refractivity contribution in [3.63, 3.8) is 0 Å². The van der Waals surface area contributed by atoms with Gasteiger partial charge >= 0.3 is 0 Å². The summed E-state index contributed by atoms with van der Waals surface area (Å²) >= 11 is 10.5. The van der Waals surface area contributed by atoms with E-state index < -0.39 is 0 Å². The summed E-state index contributed by atoms with van der Waals surface area (Å²) in [4.78, 5) is 8.34. The third kappa shape index (κ3) is 3.58. The molecule has 1 aromatic carbocycles. The van der Waals surface area contributed by atoms with Crippen molar-refractivity contribution in [2.75, 3.05) is 11.6 Å². The predicted octanol–water partition coefficient (Wildman–Crippen LogP) is 4.81. The molecule has 7 heteroatoms. The number of thioether (sulfide) groups is 1. The van der Waals surface area contributed by atoms with Gasteiger partial charge in [0, 0.05) is 11.8 Å². The number of nitrogens with zero attached hydrogens (tertiary/aromatic N) is 2. The molecule has 1 heterocycles. The summed E-state index contributed by atoms with van der Waals surface area (Å²) in [5.74, 6) is 0.277. The molecule has 0 spiro atoms. The Morgan fingerprint density at radius 3 is 2.74 bits per heavy atom. The Labute approximate surface area is 128 Å². The van der Waals surface area contributed by atoms with E-state index in [4.69, 9.17) is 11.6 Å². The molecule has 0 fully saturated rings. The molecule has 0 amide bonds. The molecule has 0 saturated heterocycles. The van der Waals surface area contributed by atoms with Gasteiger partial charge in [-0.2, -0.15) is 0 Å². The number of hydrogen-bond acceptors (Lipinski definition) is 4. The zero-order valence-electron chi connectivity index (χ0n) is 10.2. The molecule has 0 aliphatic carbocycles. The Kier molecular flexibility index (Phi) is 4.65. The maximum atomic E-state index is 13.4. The van der Waals surface area contributed by atoms with Crippen LogP contribution in [0.4, 0.5) is 15.9 Å². The lowest BCUT2D eigenvalue weighted by Crippen LogP contribution is -1.99.